The van der Waals surface area contributed by atoms with Crippen LogP contribution in [0.2, 0.25) is 0 Å². The number of benzene rings is 2. The molecule has 0 aliphatic carbocycles. The maximum Gasteiger partial charge on any atom is 0.234 e. The fourth-order valence-corrected chi connectivity index (χ4v) is 2.17. The van der Waals surface area contributed by atoms with Crippen LogP contribution in [0.3, 0.4) is 0 Å². The van der Waals surface area contributed by atoms with Crippen molar-refractivity contribution in [2.45, 2.75) is 25.9 Å². The Hall–Kier alpha value is -1.87. The summed E-state index contributed by atoms with van der Waals surface area (Å²) in [5, 5.41) is 5.62. The van der Waals surface area contributed by atoms with Gasteiger partial charge in [0.1, 0.15) is 0 Å². The summed E-state index contributed by atoms with van der Waals surface area (Å²) in [7, 11) is 0. The fraction of sp³-hybridized carbons (Fsp3) is 0.267. The molecule has 0 saturated carbocycles. The van der Waals surface area contributed by atoms with Gasteiger partial charge < -0.3 is 5.73 Å². The Labute approximate surface area is 107 Å². The van der Waals surface area contributed by atoms with Gasteiger partial charge in [-0.2, -0.15) is 0 Å². The summed E-state index contributed by atoms with van der Waals surface area (Å²) in [4.78, 5) is 11.1. The molecule has 0 fully saturated rings. The summed E-state index contributed by atoms with van der Waals surface area (Å²) in [5.41, 5.74) is 6.46. The minimum Gasteiger partial charge on any atom is -0.368 e. The standard InChI is InChI=1S/C15H18N2O/c1-10(17-11(2)15(16)18)13-9-5-7-12-6-3-4-8-14(12)13/h3-11,17H,1-2H3,(H2,16,18). The molecule has 2 aromatic rings. The van der Waals surface area contributed by atoms with E-state index in [9.17, 15) is 4.79 Å². The molecule has 1 amide bonds. The first-order chi connectivity index (χ1) is 8.59. The molecule has 0 spiro atoms. The van der Waals surface area contributed by atoms with Crippen LogP contribution in [-0.4, -0.2) is 11.9 Å². The molecule has 2 unspecified atom stereocenters. The van der Waals surface area contributed by atoms with E-state index in [1.165, 1.54) is 16.3 Å². The molecule has 0 radical (unpaired) electrons. The van der Waals surface area contributed by atoms with Crippen molar-refractivity contribution in [2.75, 3.05) is 0 Å². The molecule has 0 heterocycles. The third kappa shape index (κ3) is 2.51. The summed E-state index contributed by atoms with van der Waals surface area (Å²) >= 11 is 0. The van der Waals surface area contributed by atoms with Crippen molar-refractivity contribution < 1.29 is 4.79 Å². The molecule has 3 nitrogen and oxygen atoms in total. The highest BCUT2D eigenvalue weighted by atomic mass is 16.1. The largest absolute Gasteiger partial charge is 0.368 e. The molecular formula is C15H18N2O. The average Bonchev–Trinajstić information content (AvgIpc) is 2.37. The van der Waals surface area contributed by atoms with E-state index >= 15 is 0 Å². The van der Waals surface area contributed by atoms with E-state index in [1.54, 1.807) is 6.92 Å². The smallest absolute Gasteiger partial charge is 0.234 e. The van der Waals surface area contributed by atoms with Crippen LogP contribution in [0.1, 0.15) is 25.5 Å². The molecule has 0 aliphatic rings. The zero-order valence-electron chi connectivity index (χ0n) is 10.7. The fourth-order valence-electron chi connectivity index (χ4n) is 2.17. The zero-order chi connectivity index (χ0) is 13.1. The lowest BCUT2D eigenvalue weighted by Gasteiger charge is -2.19. The summed E-state index contributed by atoms with van der Waals surface area (Å²) in [6.45, 7) is 3.82. The molecule has 2 atom stereocenters. The lowest BCUT2D eigenvalue weighted by molar-refractivity contribution is -0.119. The van der Waals surface area contributed by atoms with Crippen molar-refractivity contribution in [3.8, 4) is 0 Å². The SMILES string of the molecule is CC(NC(C)c1cccc2ccccc12)C(N)=O. The van der Waals surface area contributed by atoms with Crippen LogP contribution >= 0.6 is 0 Å². The lowest BCUT2D eigenvalue weighted by Crippen LogP contribution is -2.40. The molecule has 18 heavy (non-hydrogen) atoms. The second kappa shape index (κ2) is 5.19. The number of carbonyl (C=O) groups excluding carboxylic acids is 1. The van der Waals surface area contributed by atoms with Gasteiger partial charge in [-0.15, -0.1) is 0 Å². The quantitative estimate of drug-likeness (QED) is 0.864. The Kier molecular flexibility index (Phi) is 3.63. The maximum absolute atomic E-state index is 11.1. The van der Waals surface area contributed by atoms with Crippen LogP contribution in [-0.2, 0) is 4.79 Å². The van der Waals surface area contributed by atoms with E-state index < -0.39 is 0 Å². The Morgan fingerprint density at radius 1 is 1.11 bits per heavy atom. The molecule has 0 aromatic heterocycles. The molecule has 2 aromatic carbocycles. The highest BCUT2D eigenvalue weighted by Crippen LogP contribution is 2.24. The van der Waals surface area contributed by atoms with Crippen LogP contribution in [0, 0.1) is 0 Å². The zero-order valence-corrected chi connectivity index (χ0v) is 10.7. The highest BCUT2D eigenvalue weighted by molar-refractivity contribution is 5.86. The minimum atomic E-state index is -0.334. The normalized spacial score (nSPS) is 14.3. The molecule has 0 saturated heterocycles. The summed E-state index contributed by atoms with van der Waals surface area (Å²) in [5.74, 6) is -0.331. The number of nitrogens with one attached hydrogen (secondary N) is 1. The molecule has 0 bridgehead atoms. The van der Waals surface area contributed by atoms with Crippen LogP contribution in [0.5, 0.6) is 0 Å². The first-order valence-electron chi connectivity index (χ1n) is 6.12. The first kappa shape index (κ1) is 12.6. The Morgan fingerprint density at radius 2 is 1.78 bits per heavy atom. The second-order valence-corrected chi connectivity index (χ2v) is 4.58. The van der Waals surface area contributed by atoms with Gasteiger partial charge in [-0.05, 0) is 30.2 Å². The molecule has 2 rings (SSSR count). The molecule has 3 heteroatoms. The molecule has 0 aliphatic heterocycles. The number of fused-ring (bicyclic) bond motifs is 1. The van der Waals surface area contributed by atoms with E-state index in [-0.39, 0.29) is 18.0 Å². The molecule has 3 N–H and O–H groups in total. The number of rotatable bonds is 4. The maximum atomic E-state index is 11.1. The van der Waals surface area contributed by atoms with E-state index in [1.807, 2.05) is 25.1 Å². The van der Waals surface area contributed by atoms with Crippen molar-refractivity contribution in [1.82, 2.24) is 5.32 Å². The van der Waals surface area contributed by atoms with E-state index in [2.05, 4.69) is 29.6 Å². The minimum absolute atomic E-state index is 0.0820. The van der Waals surface area contributed by atoms with Crippen molar-refractivity contribution in [3.05, 3.63) is 48.0 Å². The van der Waals surface area contributed by atoms with Crippen molar-refractivity contribution in [1.29, 1.82) is 0 Å². The Balaban J connectivity index is 2.33. The predicted molar refractivity (Wildman–Crippen MR) is 74.2 cm³/mol. The third-order valence-electron chi connectivity index (χ3n) is 3.22. The highest BCUT2D eigenvalue weighted by Gasteiger charge is 2.14. The Bertz CT molecular complexity index is 560. The molecule has 94 valence electrons. The monoisotopic (exact) mass is 242 g/mol. The van der Waals surface area contributed by atoms with E-state index in [0.29, 0.717) is 0 Å². The van der Waals surface area contributed by atoms with E-state index in [0.717, 1.165) is 0 Å². The Morgan fingerprint density at radius 3 is 2.50 bits per heavy atom. The summed E-state index contributed by atoms with van der Waals surface area (Å²) < 4.78 is 0. The number of carbonyl (C=O) groups is 1. The predicted octanol–water partition coefficient (Wildman–Crippen LogP) is 2.36. The van der Waals surface area contributed by atoms with Crippen molar-refractivity contribution in [3.63, 3.8) is 0 Å². The number of hydrogen-bond donors (Lipinski definition) is 2. The summed E-state index contributed by atoms with van der Waals surface area (Å²) in [6, 6.07) is 14.2. The van der Waals surface area contributed by atoms with Gasteiger partial charge >= 0.3 is 0 Å². The molecular weight excluding hydrogens is 224 g/mol. The number of amides is 1. The van der Waals surface area contributed by atoms with Crippen LogP contribution in [0.25, 0.3) is 10.8 Å². The van der Waals surface area contributed by atoms with E-state index in [4.69, 9.17) is 5.73 Å². The first-order valence-corrected chi connectivity index (χ1v) is 6.12. The number of primary amides is 1. The van der Waals surface area contributed by atoms with Gasteiger partial charge in [0, 0.05) is 6.04 Å². The van der Waals surface area contributed by atoms with Gasteiger partial charge in [0.2, 0.25) is 5.91 Å². The van der Waals surface area contributed by atoms with Crippen LogP contribution in [0.15, 0.2) is 42.5 Å². The van der Waals surface area contributed by atoms with Gasteiger partial charge in [0.05, 0.1) is 6.04 Å². The van der Waals surface area contributed by atoms with Gasteiger partial charge in [-0.3, -0.25) is 10.1 Å². The van der Waals surface area contributed by atoms with Crippen molar-refractivity contribution in [2.24, 2.45) is 5.73 Å². The van der Waals surface area contributed by atoms with Gasteiger partial charge in [0.15, 0.2) is 0 Å². The second-order valence-electron chi connectivity index (χ2n) is 4.58. The van der Waals surface area contributed by atoms with Gasteiger partial charge in [0.25, 0.3) is 0 Å². The number of hydrogen-bond acceptors (Lipinski definition) is 2. The third-order valence-corrected chi connectivity index (χ3v) is 3.22. The topological polar surface area (TPSA) is 55.1 Å². The summed E-state index contributed by atoms with van der Waals surface area (Å²) in [6.07, 6.45) is 0. The average molecular weight is 242 g/mol. The van der Waals surface area contributed by atoms with Crippen LogP contribution in [0.4, 0.5) is 0 Å². The van der Waals surface area contributed by atoms with Gasteiger partial charge in [-0.1, -0.05) is 42.5 Å². The van der Waals surface area contributed by atoms with Crippen molar-refractivity contribution >= 4 is 16.7 Å². The van der Waals surface area contributed by atoms with Crippen LogP contribution < -0.4 is 11.1 Å². The lowest BCUT2D eigenvalue weighted by atomic mass is 9.99. The van der Waals surface area contributed by atoms with Gasteiger partial charge in [-0.25, -0.2) is 0 Å². The number of nitrogens with two attached hydrogens (primary N) is 1.